The highest BCUT2D eigenvalue weighted by molar-refractivity contribution is 7.26. The van der Waals surface area contributed by atoms with E-state index in [0.29, 0.717) is 0 Å². The van der Waals surface area contributed by atoms with Crippen LogP contribution in [-0.2, 0) is 0 Å². The Morgan fingerprint density at radius 3 is 1.75 bits per heavy atom. The fraction of sp³-hybridized carbons (Fsp3) is 0. The SMILES string of the molecule is c1cc(-c2ccccc2N(c2ccc(-c3ccc4c(c3)sc3ccccc34)cc2)c2cccc3sc4ccccc4c23)cc(-c2cccc3ccccc23)c1. The van der Waals surface area contributed by atoms with E-state index in [2.05, 4.69) is 205 Å². The number of hydrogen-bond acceptors (Lipinski definition) is 3. The van der Waals surface area contributed by atoms with Gasteiger partial charge in [0, 0.05) is 51.6 Å². The van der Waals surface area contributed by atoms with Crippen LogP contribution in [0.25, 0.3) is 84.5 Å². The van der Waals surface area contributed by atoms with Crippen LogP contribution in [0, 0.1) is 0 Å². The lowest BCUT2D eigenvalue weighted by Crippen LogP contribution is -2.11. The number of anilines is 3. The molecule has 3 heteroatoms. The van der Waals surface area contributed by atoms with E-state index in [1.165, 1.54) is 90.2 Å². The second-order valence-electron chi connectivity index (χ2n) is 14.1. The molecule has 2 aromatic heterocycles. The van der Waals surface area contributed by atoms with Gasteiger partial charge in [0.15, 0.2) is 0 Å². The van der Waals surface area contributed by atoms with Crippen LogP contribution >= 0.6 is 22.7 Å². The van der Waals surface area contributed by atoms with Crippen LogP contribution in [0.1, 0.15) is 0 Å². The first-order valence-corrected chi connectivity index (χ1v) is 20.3. The first kappa shape index (κ1) is 32.0. The molecule has 11 rings (SSSR count). The van der Waals surface area contributed by atoms with Crippen molar-refractivity contribution in [1.82, 2.24) is 0 Å². The van der Waals surface area contributed by atoms with Crippen molar-refractivity contribution < 1.29 is 0 Å². The molecular weight excluding hydrogens is 703 g/mol. The van der Waals surface area contributed by atoms with E-state index in [-0.39, 0.29) is 0 Å². The van der Waals surface area contributed by atoms with E-state index in [1.54, 1.807) is 0 Å². The van der Waals surface area contributed by atoms with Gasteiger partial charge in [-0.3, -0.25) is 0 Å². The summed E-state index contributed by atoms with van der Waals surface area (Å²) in [6.45, 7) is 0. The molecule has 11 aromatic rings. The van der Waals surface area contributed by atoms with Crippen molar-refractivity contribution in [2.45, 2.75) is 0 Å². The van der Waals surface area contributed by atoms with E-state index in [0.717, 1.165) is 11.4 Å². The van der Waals surface area contributed by atoms with Gasteiger partial charge in [0.1, 0.15) is 0 Å². The zero-order valence-corrected chi connectivity index (χ0v) is 31.4. The summed E-state index contributed by atoms with van der Waals surface area (Å²) in [6.07, 6.45) is 0. The minimum Gasteiger partial charge on any atom is -0.309 e. The van der Waals surface area contributed by atoms with Gasteiger partial charge in [0.2, 0.25) is 0 Å². The molecule has 0 bridgehead atoms. The molecule has 0 radical (unpaired) electrons. The van der Waals surface area contributed by atoms with Gasteiger partial charge < -0.3 is 4.90 Å². The van der Waals surface area contributed by atoms with E-state index < -0.39 is 0 Å². The highest BCUT2D eigenvalue weighted by atomic mass is 32.1. The fourth-order valence-corrected chi connectivity index (χ4v) is 10.6. The number of benzene rings is 9. The molecule has 1 nitrogen and oxygen atoms in total. The molecule has 0 aliphatic rings. The summed E-state index contributed by atoms with van der Waals surface area (Å²) < 4.78 is 5.23. The number of thiophene rings is 2. The number of rotatable bonds is 6. The van der Waals surface area contributed by atoms with Crippen molar-refractivity contribution in [3.05, 3.63) is 200 Å². The fourth-order valence-electron chi connectivity index (χ4n) is 8.30. The first-order chi connectivity index (χ1) is 27.3. The zero-order valence-electron chi connectivity index (χ0n) is 29.8. The van der Waals surface area contributed by atoms with E-state index in [9.17, 15) is 0 Å². The maximum Gasteiger partial charge on any atom is 0.0555 e. The quantitative estimate of drug-likeness (QED) is 0.164. The Kier molecular flexibility index (Phi) is 7.61. The van der Waals surface area contributed by atoms with Gasteiger partial charge in [-0.05, 0) is 93.2 Å². The molecule has 55 heavy (non-hydrogen) atoms. The molecule has 0 aliphatic heterocycles. The molecule has 258 valence electrons. The summed E-state index contributed by atoms with van der Waals surface area (Å²) in [6, 6.07) is 73.5. The first-order valence-electron chi connectivity index (χ1n) is 18.7. The summed E-state index contributed by atoms with van der Waals surface area (Å²) in [4.78, 5) is 2.47. The van der Waals surface area contributed by atoms with Gasteiger partial charge in [-0.25, -0.2) is 0 Å². The molecule has 0 atom stereocenters. The van der Waals surface area contributed by atoms with E-state index in [4.69, 9.17) is 0 Å². The smallest absolute Gasteiger partial charge is 0.0555 e. The lowest BCUT2D eigenvalue weighted by atomic mass is 9.94. The van der Waals surface area contributed by atoms with Gasteiger partial charge in [-0.2, -0.15) is 0 Å². The van der Waals surface area contributed by atoms with Gasteiger partial charge in [-0.1, -0.05) is 146 Å². The summed E-state index contributed by atoms with van der Waals surface area (Å²) in [7, 11) is 0. The minimum atomic E-state index is 1.12. The second-order valence-corrected chi connectivity index (χ2v) is 16.2. The van der Waals surface area contributed by atoms with Crippen molar-refractivity contribution in [2.24, 2.45) is 0 Å². The Morgan fingerprint density at radius 1 is 0.309 bits per heavy atom. The third-order valence-electron chi connectivity index (χ3n) is 10.9. The molecule has 0 saturated carbocycles. The average molecular weight is 736 g/mol. The van der Waals surface area contributed by atoms with E-state index in [1.807, 2.05) is 22.7 Å². The molecule has 2 heterocycles. The Hall–Kier alpha value is -6.52. The van der Waals surface area contributed by atoms with Crippen LogP contribution in [0.3, 0.4) is 0 Å². The monoisotopic (exact) mass is 735 g/mol. The summed E-state index contributed by atoms with van der Waals surface area (Å²) >= 11 is 3.73. The summed E-state index contributed by atoms with van der Waals surface area (Å²) in [5.74, 6) is 0. The number of nitrogens with zero attached hydrogens (tertiary/aromatic N) is 1. The Labute approximate surface area is 327 Å². The number of hydrogen-bond donors (Lipinski definition) is 0. The highest BCUT2D eigenvalue weighted by Gasteiger charge is 2.21. The molecule has 0 spiro atoms. The Bertz CT molecular complexity index is 3220. The third-order valence-corrected chi connectivity index (χ3v) is 13.1. The van der Waals surface area contributed by atoms with Gasteiger partial charge in [0.05, 0.1) is 11.4 Å². The minimum absolute atomic E-state index is 1.12. The summed E-state index contributed by atoms with van der Waals surface area (Å²) in [5.41, 5.74) is 10.7. The molecule has 0 aliphatic carbocycles. The lowest BCUT2D eigenvalue weighted by Gasteiger charge is -2.29. The lowest BCUT2D eigenvalue weighted by molar-refractivity contribution is 1.30. The molecule has 0 unspecified atom stereocenters. The molecule has 0 N–H and O–H groups in total. The van der Waals surface area contributed by atoms with Crippen molar-refractivity contribution in [3.63, 3.8) is 0 Å². The zero-order chi connectivity index (χ0) is 36.3. The van der Waals surface area contributed by atoms with Gasteiger partial charge in [-0.15, -0.1) is 22.7 Å². The standard InChI is InChI=1S/C52H33NS2/c1-2-16-40-35(12-1)13-10-20-41(40)37-14-9-15-38(32-37)42-17-3-6-21-46(42)53(47-22-11-25-50-52(47)45-19-5-8-24-49(45)54-50)39-29-26-34(27-30-39)36-28-31-44-43-18-4-7-23-48(43)55-51(44)33-36/h1-33H. The molecule has 0 amide bonds. The maximum atomic E-state index is 2.47. The second kappa shape index (κ2) is 13.1. The van der Waals surface area contributed by atoms with Crippen LogP contribution in [0.15, 0.2) is 200 Å². The average Bonchev–Trinajstić information content (AvgIpc) is 3.83. The Morgan fingerprint density at radius 2 is 0.873 bits per heavy atom. The number of fused-ring (bicyclic) bond motifs is 7. The molecule has 0 fully saturated rings. The largest absolute Gasteiger partial charge is 0.309 e. The van der Waals surface area contributed by atoms with Crippen LogP contribution in [-0.4, -0.2) is 0 Å². The third kappa shape index (κ3) is 5.43. The number of para-hydroxylation sites is 1. The predicted molar refractivity (Wildman–Crippen MR) is 241 cm³/mol. The van der Waals surface area contributed by atoms with Crippen molar-refractivity contribution in [3.8, 4) is 33.4 Å². The van der Waals surface area contributed by atoms with Crippen molar-refractivity contribution in [2.75, 3.05) is 4.90 Å². The molecule has 9 aromatic carbocycles. The molecular formula is C52H33NS2. The maximum absolute atomic E-state index is 2.47. The van der Waals surface area contributed by atoms with Gasteiger partial charge in [0.25, 0.3) is 0 Å². The Balaban J connectivity index is 1.08. The van der Waals surface area contributed by atoms with Gasteiger partial charge >= 0.3 is 0 Å². The van der Waals surface area contributed by atoms with E-state index >= 15 is 0 Å². The van der Waals surface area contributed by atoms with Crippen LogP contribution in [0.2, 0.25) is 0 Å². The predicted octanol–water partition coefficient (Wildman–Crippen LogP) is 16.0. The summed E-state index contributed by atoms with van der Waals surface area (Å²) in [5, 5.41) is 7.73. The molecule has 0 saturated heterocycles. The van der Waals surface area contributed by atoms with Crippen LogP contribution < -0.4 is 4.90 Å². The van der Waals surface area contributed by atoms with Crippen molar-refractivity contribution in [1.29, 1.82) is 0 Å². The highest BCUT2D eigenvalue weighted by Crippen LogP contribution is 2.48. The normalized spacial score (nSPS) is 11.6. The topological polar surface area (TPSA) is 3.24 Å². The van der Waals surface area contributed by atoms with Crippen LogP contribution in [0.4, 0.5) is 17.1 Å². The van der Waals surface area contributed by atoms with Crippen molar-refractivity contribution >= 4 is 90.9 Å². The van der Waals surface area contributed by atoms with Crippen LogP contribution in [0.5, 0.6) is 0 Å².